The van der Waals surface area contributed by atoms with Crippen LogP contribution in [0.15, 0.2) is 58.5 Å². The summed E-state index contributed by atoms with van der Waals surface area (Å²) in [6.07, 6.45) is 0. The van der Waals surface area contributed by atoms with E-state index >= 15 is 0 Å². The number of rotatable bonds is 4. The lowest BCUT2D eigenvalue weighted by atomic mass is 10.1. The van der Waals surface area contributed by atoms with Crippen LogP contribution in [-0.2, 0) is 0 Å². The standard InChI is InChI=1S/C17H17FN2S/c1-11(19-2)12-7-8-16(14(18)9-12)21-17-10-13-5-3-4-6-15(13)20-17/h3-11,19-20H,1-2H3. The molecule has 2 N–H and O–H groups in total. The molecule has 0 aliphatic rings. The van der Waals surface area contributed by atoms with Gasteiger partial charge in [0.2, 0.25) is 0 Å². The Bertz CT molecular complexity index is 733. The molecule has 21 heavy (non-hydrogen) atoms. The lowest BCUT2D eigenvalue weighted by Gasteiger charge is -2.11. The van der Waals surface area contributed by atoms with Crippen LogP contribution < -0.4 is 5.32 Å². The van der Waals surface area contributed by atoms with Crippen LogP contribution >= 0.6 is 11.8 Å². The van der Waals surface area contributed by atoms with Crippen molar-refractivity contribution >= 4 is 22.7 Å². The number of nitrogens with one attached hydrogen (secondary N) is 2. The smallest absolute Gasteiger partial charge is 0.137 e. The fraction of sp³-hybridized carbons (Fsp3) is 0.176. The third kappa shape index (κ3) is 2.96. The Morgan fingerprint density at radius 3 is 2.67 bits per heavy atom. The average Bonchev–Trinajstić information content (AvgIpc) is 2.90. The molecule has 0 spiro atoms. The second-order valence-electron chi connectivity index (χ2n) is 5.02. The first-order valence-corrected chi connectivity index (χ1v) is 7.71. The molecule has 1 atom stereocenters. The van der Waals surface area contributed by atoms with E-state index in [-0.39, 0.29) is 11.9 Å². The van der Waals surface area contributed by atoms with Gasteiger partial charge in [0.25, 0.3) is 0 Å². The normalized spacial score (nSPS) is 12.7. The molecule has 1 heterocycles. The van der Waals surface area contributed by atoms with Crippen molar-refractivity contribution in [2.24, 2.45) is 0 Å². The molecular formula is C17H17FN2S. The van der Waals surface area contributed by atoms with Gasteiger partial charge < -0.3 is 10.3 Å². The van der Waals surface area contributed by atoms with Gasteiger partial charge in [-0.3, -0.25) is 0 Å². The topological polar surface area (TPSA) is 27.8 Å². The number of hydrogen-bond donors (Lipinski definition) is 2. The van der Waals surface area contributed by atoms with Crippen molar-refractivity contribution < 1.29 is 4.39 Å². The van der Waals surface area contributed by atoms with Crippen molar-refractivity contribution in [3.8, 4) is 0 Å². The van der Waals surface area contributed by atoms with E-state index in [0.29, 0.717) is 4.90 Å². The maximum absolute atomic E-state index is 14.2. The molecule has 4 heteroatoms. The molecule has 0 aliphatic heterocycles. The molecular weight excluding hydrogens is 283 g/mol. The van der Waals surface area contributed by atoms with Crippen molar-refractivity contribution in [1.82, 2.24) is 10.3 Å². The molecule has 3 rings (SSSR count). The van der Waals surface area contributed by atoms with E-state index < -0.39 is 0 Å². The molecule has 0 aliphatic carbocycles. The molecule has 2 nitrogen and oxygen atoms in total. The molecule has 3 aromatic rings. The van der Waals surface area contributed by atoms with Crippen LogP contribution in [0.5, 0.6) is 0 Å². The minimum absolute atomic E-state index is 0.145. The SMILES string of the molecule is CNC(C)c1ccc(Sc2cc3ccccc3[nH]2)c(F)c1. The summed E-state index contributed by atoms with van der Waals surface area (Å²) in [7, 11) is 1.87. The number of para-hydroxylation sites is 1. The molecule has 0 bridgehead atoms. The highest BCUT2D eigenvalue weighted by atomic mass is 32.2. The van der Waals surface area contributed by atoms with Gasteiger partial charge in [0, 0.05) is 21.8 Å². The molecule has 2 aromatic carbocycles. The van der Waals surface area contributed by atoms with Gasteiger partial charge in [0.15, 0.2) is 0 Å². The van der Waals surface area contributed by atoms with E-state index in [0.717, 1.165) is 21.5 Å². The molecule has 1 aromatic heterocycles. The van der Waals surface area contributed by atoms with E-state index in [4.69, 9.17) is 0 Å². The van der Waals surface area contributed by atoms with Gasteiger partial charge in [0.05, 0.1) is 5.03 Å². The van der Waals surface area contributed by atoms with Gasteiger partial charge in [-0.25, -0.2) is 4.39 Å². The highest BCUT2D eigenvalue weighted by molar-refractivity contribution is 7.99. The van der Waals surface area contributed by atoms with E-state index in [9.17, 15) is 4.39 Å². The quantitative estimate of drug-likeness (QED) is 0.728. The predicted molar refractivity (Wildman–Crippen MR) is 86.3 cm³/mol. The maximum Gasteiger partial charge on any atom is 0.137 e. The Morgan fingerprint density at radius 1 is 1.14 bits per heavy atom. The molecule has 0 saturated heterocycles. The van der Waals surface area contributed by atoms with Gasteiger partial charge in [0.1, 0.15) is 5.82 Å². The average molecular weight is 300 g/mol. The summed E-state index contributed by atoms with van der Waals surface area (Å²) >= 11 is 1.42. The number of halogens is 1. The third-order valence-corrected chi connectivity index (χ3v) is 4.60. The second kappa shape index (κ2) is 5.92. The molecule has 108 valence electrons. The van der Waals surface area contributed by atoms with Crippen LogP contribution in [0.1, 0.15) is 18.5 Å². The zero-order chi connectivity index (χ0) is 14.8. The van der Waals surface area contributed by atoms with Crippen molar-refractivity contribution in [2.45, 2.75) is 22.9 Å². The Morgan fingerprint density at radius 2 is 1.95 bits per heavy atom. The Balaban J connectivity index is 1.87. The van der Waals surface area contributed by atoms with Crippen LogP contribution in [0.4, 0.5) is 4.39 Å². The van der Waals surface area contributed by atoms with Gasteiger partial charge in [-0.15, -0.1) is 0 Å². The summed E-state index contributed by atoms with van der Waals surface area (Å²) in [5.74, 6) is -0.182. The fourth-order valence-electron chi connectivity index (χ4n) is 2.26. The number of aromatic amines is 1. The van der Waals surface area contributed by atoms with E-state index in [1.54, 1.807) is 6.07 Å². The van der Waals surface area contributed by atoms with Crippen molar-refractivity contribution in [1.29, 1.82) is 0 Å². The largest absolute Gasteiger partial charge is 0.349 e. The molecule has 0 saturated carbocycles. The third-order valence-electron chi connectivity index (χ3n) is 3.61. The molecule has 0 fully saturated rings. The molecule has 1 unspecified atom stereocenters. The first-order valence-electron chi connectivity index (χ1n) is 6.89. The van der Waals surface area contributed by atoms with Crippen molar-refractivity contribution in [3.05, 3.63) is 59.9 Å². The Kier molecular flexibility index (Phi) is 3.99. The number of aromatic nitrogens is 1. The monoisotopic (exact) mass is 300 g/mol. The van der Waals surface area contributed by atoms with Crippen LogP contribution in [0.3, 0.4) is 0 Å². The van der Waals surface area contributed by atoms with Gasteiger partial charge in [-0.05, 0) is 43.8 Å². The molecule has 0 radical (unpaired) electrons. The highest BCUT2D eigenvalue weighted by Gasteiger charge is 2.10. The van der Waals surface area contributed by atoms with E-state index in [2.05, 4.69) is 10.3 Å². The van der Waals surface area contributed by atoms with Crippen LogP contribution in [-0.4, -0.2) is 12.0 Å². The summed E-state index contributed by atoms with van der Waals surface area (Å²) in [5.41, 5.74) is 2.02. The van der Waals surface area contributed by atoms with Crippen molar-refractivity contribution in [3.63, 3.8) is 0 Å². The minimum atomic E-state index is -0.182. The lowest BCUT2D eigenvalue weighted by molar-refractivity contribution is 0.587. The zero-order valence-electron chi connectivity index (χ0n) is 12.0. The summed E-state index contributed by atoms with van der Waals surface area (Å²) in [5, 5.41) is 5.20. The van der Waals surface area contributed by atoms with Gasteiger partial charge >= 0.3 is 0 Å². The predicted octanol–water partition coefficient (Wildman–Crippen LogP) is 4.74. The number of fused-ring (bicyclic) bond motifs is 1. The summed E-state index contributed by atoms with van der Waals surface area (Å²) in [6, 6.07) is 15.7. The van der Waals surface area contributed by atoms with Gasteiger partial charge in [-0.2, -0.15) is 0 Å². The summed E-state index contributed by atoms with van der Waals surface area (Å²) in [4.78, 5) is 3.94. The number of H-pyrrole nitrogens is 1. The fourth-order valence-corrected chi connectivity index (χ4v) is 3.13. The first kappa shape index (κ1) is 14.2. The summed E-state index contributed by atoms with van der Waals surface area (Å²) < 4.78 is 14.2. The maximum atomic E-state index is 14.2. The lowest BCUT2D eigenvalue weighted by Crippen LogP contribution is -2.12. The highest BCUT2D eigenvalue weighted by Crippen LogP contribution is 2.32. The van der Waals surface area contributed by atoms with Crippen molar-refractivity contribution in [2.75, 3.05) is 7.05 Å². The molecule has 0 amide bonds. The minimum Gasteiger partial charge on any atom is -0.349 e. The van der Waals surface area contributed by atoms with E-state index in [1.165, 1.54) is 11.8 Å². The van der Waals surface area contributed by atoms with Crippen LogP contribution in [0.25, 0.3) is 10.9 Å². The van der Waals surface area contributed by atoms with E-state index in [1.807, 2.05) is 56.4 Å². The Hall–Kier alpha value is -1.78. The first-order chi connectivity index (χ1) is 10.2. The van der Waals surface area contributed by atoms with Crippen LogP contribution in [0, 0.1) is 5.82 Å². The van der Waals surface area contributed by atoms with Crippen LogP contribution in [0.2, 0.25) is 0 Å². The number of hydrogen-bond acceptors (Lipinski definition) is 2. The number of benzene rings is 2. The summed E-state index contributed by atoms with van der Waals surface area (Å²) in [6.45, 7) is 2.01. The van der Waals surface area contributed by atoms with Gasteiger partial charge in [-0.1, -0.05) is 36.0 Å². The Labute approximate surface area is 127 Å². The second-order valence-corrected chi connectivity index (χ2v) is 6.11. The zero-order valence-corrected chi connectivity index (χ0v) is 12.8.